The summed E-state index contributed by atoms with van der Waals surface area (Å²) < 4.78 is 19.8. The van der Waals surface area contributed by atoms with Crippen LogP contribution in [0.2, 0.25) is 0 Å². The number of thiazole rings is 1. The second-order valence-electron chi connectivity index (χ2n) is 4.48. The van der Waals surface area contributed by atoms with Crippen molar-refractivity contribution < 1.29 is 8.91 Å². The topological polar surface area (TPSA) is 51.8 Å². The van der Waals surface area contributed by atoms with Crippen molar-refractivity contribution in [3.05, 3.63) is 47.0 Å². The largest absolute Gasteiger partial charge is 0.338 e. The third-order valence-corrected chi connectivity index (χ3v) is 4.91. The van der Waals surface area contributed by atoms with Crippen molar-refractivity contribution in [1.82, 2.24) is 15.1 Å². The smallest absolute Gasteiger partial charge is 0.240 e. The summed E-state index contributed by atoms with van der Waals surface area (Å²) in [6.07, 6.45) is 1.76. The lowest BCUT2D eigenvalue weighted by atomic mass is 10.1. The third kappa shape index (κ3) is 3.14. The minimum absolute atomic E-state index is 0.00676. The second kappa shape index (κ2) is 5.95. The fourth-order valence-corrected chi connectivity index (χ4v) is 3.52. The molecular weight excluding hydrogens is 309 g/mol. The highest BCUT2D eigenvalue weighted by molar-refractivity contribution is 8.01. The van der Waals surface area contributed by atoms with Gasteiger partial charge in [-0.15, -0.1) is 11.3 Å². The number of hydrogen-bond donors (Lipinski definition) is 0. The van der Waals surface area contributed by atoms with Crippen molar-refractivity contribution >= 4 is 23.1 Å². The number of thioether (sulfide) groups is 1. The molecule has 2 aromatic heterocycles. The molecule has 108 valence electrons. The minimum atomic E-state index is -0.274. The zero-order chi connectivity index (χ0) is 14.8. The van der Waals surface area contributed by atoms with E-state index >= 15 is 0 Å². The predicted molar refractivity (Wildman–Crippen MR) is 80.8 cm³/mol. The summed E-state index contributed by atoms with van der Waals surface area (Å²) in [5.41, 5.74) is 1.20. The van der Waals surface area contributed by atoms with E-state index in [1.165, 1.54) is 6.07 Å². The van der Waals surface area contributed by atoms with Crippen LogP contribution < -0.4 is 0 Å². The first-order valence-corrected chi connectivity index (χ1v) is 8.05. The number of halogens is 1. The van der Waals surface area contributed by atoms with Crippen molar-refractivity contribution in [3.8, 4) is 11.4 Å². The molecule has 1 aromatic carbocycles. The quantitative estimate of drug-likeness (QED) is 0.662. The lowest BCUT2D eigenvalue weighted by Gasteiger charge is -2.02. The Kier molecular flexibility index (Phi) is 4.03. The van der Waals surface area contributed by atoms with Crippen LogP contribution in [0.1, 0.15) is 23.6 Å². The first kappa shape index (κ1) is 14.2. The molecule has 7 heteroatoms. The Morgan fingerprint density at radius 3 is 2.95 bits per heavy atom. The van der Waals surface area contributed by atoms with E-state index in [0.717, 1.165) is 4.34 Å². The normalized spacial score (nSPS) is 12.5. The number of benzene rings is 1. The van der Waals surface area contributed by atoms with Crippen LogP contribution in [0.4, 0.5) is 4.39 Å². The molecule has 3 rings (SSSR count). The van der Waals surface area contributed by atoms with E-state index in [1.807, 2.05) is 12.3 Å². The maximum absolute atomic E-state index is 13.6. The average Bonchev–Trinajstić information content (AvgIpc) is 3.12. The van der Waals surface area contributed by atoms with Gasteiger partial charge in [0, 0.05) is 17.1 Å². The van der Waals surface area contributed by atoms with Gasteiger partial charge in [-0.05, 0) is 25.5 Å². The highest BCUT2D eigenvalue weighted by Gasteiger charge is 2.18. The molecule has 2 heterocycles. The molecule has 0 aliphatic carbocycles. The minimum Gasteiger partial charge on any atom is -0.338 e. The molecule has 1 atom stereocenters. The lowest BCUT2D eigenvalue weighted by molar-refractivity contribution is 0.381. The van der Waals surface area contributed by atoms with Crippen molar-refractivity contribution in [3.63, 3.8) is 0 Å². The van der Waals surface area contributed by atoms with Crippen molar-refractivity contribution in [2.75, 3.05) is 0 Å². The SMILES string of the molecule is Cc1ccc(-c2noc([C@H](C)Sc3nccs3)n2)cc1F. The molecule has 0 radical (unpaired) electrons. The van der Waals surface area contributed by atoms with E-state index < -0.39 is 0 Å². The molecule has 0 spiro atoms. The Bertz CT molecular complexity index is 743. The molecule has 0 amide bonds. The third-order valence-electron chi connectivity index (χ3n) is 2.91. The second-order valence-corrected chi connectivity index (χ2v) is 6.96. The maximum Gasteiger partial charge on any atom is 0.240 e. The summed E-state index contributed by atoms with van der Waals surface area (Å²) in [7, 11) is 0. The van der Waals surface area contributed by atoms with Gasteiger partial charge in [0.05, 0.1) is 5.25 Å². The van der Waals surface area contributed by atoms with Gasteiger partial charge in [0.2, 0.25) is 11.7 Å². The van der Waals surface area contributed by atoms with Crippen LogP contribution in [0.3, 0.4) is 0 Å². The Morgan fingerprint density at radius 2 is 2.24 bits per heavy atom. The van der Waals surface area contributed by atoms with Crippen LogP contribution in [0, 0.1) is 12.7 Å². The van der Waals surface area contributed by atoms with Gasteiger partial charge in [0.1, 0.15) is 5.82 Å². The van der Waals surface area contributed by atoms with Gasteiger partial charge < -0.3 is 4.52 Å². The number of hydrogen-bond acceptors (Lipinski definition) is 6. The van der Waals surface area contributed by atoms with Gasteiger partial charge in [-0.25, -0.2) is 9.37 Å². The Hall–Kier alpha value is -1.73. The molecular formula is C14H12FN3OS2. The van der Waals surface area contributed by atoms with Crippen molar-refractivity contribution in [2.45, 2.75) is 23.4 Å². The zero-order valence-electron chi connectivity index (χ0n) is 11.4. The molecule has 21 heavy (non-hydrogen) atoms. The zero-order valence-corrected chi connectivity index (χ0v) is 13.0. The average molecular weight is 321 g/mol. The number of aryl methyl sites for hydroxylation is 1. The van der Waals surface area contributed by atoms with E-state index in [-0.39, 0.29) is 11.1 Å². The van der Waals surface area contributed by atoms with Crippen LogP contribution in [-0.2, 0) is 0 Å². The molecule has 0 unspecified atom stereocenters. The molecule has 0 saturated heterocycles. The monoisotopic (exact) mass is 321 g/mol. The molecule has 4 nitrogen and oxygen atoms in total. The van der Waals surface area contributed by atoms with E-state index in [1.54, 1.807) is 48.4 Å². The summed E-state index contributed by atoms with van der Waals surface area (Å²) in [4.78, 5) is 8.55. The van der Waals surface area contributed by atoms with Gasteiger partial charge in [-0.1, -0.05) is 29.1 Å². The molecule has 0 fully saturated rings. The van der Waals surface area contributed by atoms with E-state index in [0.29, 0.717) is 22.8 Å². The Labute approximate surface area is 129 Å². The number of aromatic nitrogens is 3. The summed E-state index contributed by atoms with van der Waals surface area (Å²) >= 11 is 3.12. The molecule has 0 bridgehead atoms. The van der Waals surface area contributed by atoms with Crippen LogP contribution in [0.5, 0.6) is 0 Å². The van der Waals surface area contributed by atoms with Gasteiger partial charge in [0.15, 0.2) is 4.34 Å². The summed E-state index contributed by atoms with van der Waals surface area (Å²) in [5.74, 6) is 0.630. The van der Waals surface area contributed by atoms with E-state index in [4.69, 9.17) is 4.52 Å². The lowest BCUT2D eigenvalue weighted by Crippen LogP contribution is -1.89. The standard InChI is InChI=1S/C14H12FN3OS2/c1-8-3-4-10(7-11(8)15)12-17-13(19-18-12)9(2)21-14-16-5-6-20-14/h3-7,9H,1-2H3/t9-/m0/s1. The Balaban J connectivity index is 1.80. The van der Waals surface area contributed by atoms with Gasteiger partial charge in [-0.2, -0.15) is 4.98 Å². The Morgan fingerprint density at radius 1 is 1.38 bits per heavy atom. The predicted octanol–water partition coefficient (Wildman–Crippen LogP) is 4.49. The highest BCUT2D eigenvalue weighted by atomic mass is 32.2. The van der Waals surface area contributed by atoms with Crippen LogP contribution in [0.25, 0.3) is 11.4 Å². The van der Waals surface area contributed by atoms with Crippen LogP contribution in [-0.4, -0.2) is 15.1 Å². The summed E-state index contributed by atoms with van der Waals surface area (Å²) in [6.45, 7) is 3.69. The summed E-state index contributed by atoms with van der Waals surface area (Å²) in [5, 5.41) is 5.84. The number of rotatable bonds is 4. The molecule has 0 aliphatic rings. The van der Waals surface area contributed by atoms with Crippen molar-refractivity contribution in [1.29, 1.82) is 0 Å². The summed E-state index contributed by atoms with van der Waals surface area (Å²) in [6, 6.07) is 4.91. The van der Waals surface area contributed by atoms with Gasteiger partial charge in [-0.3, -0.25) is 0 Å². The molecule has 0 saturated carbocycles. The molecule has 0 aliphatic heterocycles. The molecule has 3 aromatic rings. The van der Waals surface area contributed by atoms with E-state index in [9.17, 15) is 4.39 Å². The first-order chi connectivity index (χ1) is 10.1. The van der Waals surface area contributed by atoms with Gasteiger partial charge >= 0.3 is 0 Å². The van der Waals surface area contributed by atoms with Crippen molar-refractivity contribution in [2.24, 2.45) is 0 Å². The number of nitrogens with zero attached hydrogens (tertiary/aromatic N) is 3. The fourth-order valence-electron chi connectivity index (χ4n) is 1.72. The van der Waals surface area contributed by atoms with Gasteiger partial charge in [0.25, 0.3) is 0 Å². The highest BCUT2D eigenvalue weighted by Crippen LogP contribution is 2.35. The van der Waals surface area contributed by atoms with Crippen LogP contribution in [0.15, 0.2) is 38.6 Å². The van der Waals surface area contributed by atoms with Crippen LogP contribution >= 0.6 is 23.1 Å². The maximum atomic E-state index is 13.6. The first-order valence-electron chi connectivity index (χ1n) is 6.30. The van der Waals surface area contributed by atoms with E-state index in [2.05, 4.69) is 15.1 Å². The fraction of sp³-hybridized carbons (Fsp3) is 0.214. The molecule has 0 N–H and O–H groups in total.